The monoisotopic (exact) mass is 311 g/mol. The Morgan fingerprint density at radius 2 is 2.38 bits per heavy atom. The van der Waals surface area contributed by atoms with Crippen LogP contribution in [0.1, 0.15) is 18.5 Å². The summed E-state index contributed by atoms with van der Waals surface area (Å²) >= 11 is 5.84. The van der Waals surface area contributed by atoms with Crippen LogP contribution in [-0.2, 0) is 11.3 Å². The van der Waals surface area contributed by atoms with Gasteiger partial charge in [0.05, 0.1) is 23.5 Å². The number of hydrogen-bond acceptors (Lipinski definition) is 5. The van der Waals surface area contributed by atoms with Gasteiger partial charge in [0, 0.05) is 38.4 Å². The van der Waals surface area contributed by atoms with Crippen molar-refractivity contribution in [2.24, 2.45) is 0 Å². The van der Waals surface area contributed by atoms with Gasteiger partial charge in [-0.2, -0.15) is 5.10 Å². The van der Waals surface area contributed by atoms with E-state index in [1.807, 2.05) is 6.92 Å². The molecule has 0 aliphatic heterocycles. The molecule has 8 heteroatoms. The summed E-state index contributed by atoms with van der Waals surface area (Å²) in [6.07, 6.45) is 3.32. The average Bonchev–Trinajstić information content (AvgIpc) is 2.84. The van der Waals surface area contributed by atoms with Gasteiger partial charge >= 0.3 is 0 Å². The molecule has 0 bridgehead atoms. The van der Waals surface area contributed by atoms with Gasteiger partial charge in [-0.25, -0.2) is 4.98 Å². The van der Waals surface area contributed by atoms with Crippen molar-refractivity contribution in [1.82, 2.24) is 19.7 Å². The lowest BCUT2D eigenvalue weighted by Crippen LogP contribution is -2.18. The van der Waals surface area contributed by atoms with Crippen molar-refractivity contribution in [2.75, 3.05) is 25.6 Å². The zero-order valence-electron chi connectivity index (χ0n) is 12.0. The lowest BCUT2D eigenvalue weighted by molar-refractivity contribution is 0.210. The van der Waals surface area contributed by atoms with Crippen LogP contribution in [-0.4, -0.2) is 40.0 Å². The minimum Gasteiger partial charge on any atom is -0.383 e. The van der Waals surface area contributed by atoms with E-state index >= 15 is 0 Å². The number of halogens is 1. The third kappa shape index (κ3) is 4.57. The molecule has 7 nitrogen and oxygen atoms in total. The van der Waals surface area contributed by atoms with E-state index in [-0.39, 0.29) is 11.5 Å². The first kappa shape index (κ1) is 15.5. The highest BCUT2D eigenvalue weighted by atomic mass is 35.5. The van der Waals surface area contributed by atoms with E-state index in [1.165, 1.54) is 6.07 Å². The largest absolute Gasteiger partial charge is 0.383 e. The van der Waals surface area contributed by atoms with Gasteiger partial charge in [0.25, 0.3) is 5.56 Å². The first-order valence-electron chi connectivity index (χ1n) is 6.60. The van der Waals surface area contributed by atoms with E-state index in [2.05, 4.69) is 20.4 Å². The minimum atomic E-state index is -0.190. The van der Waals surface area contributed by atoms with E-state index in [1.54, 1.807) is 24.2 Å². The van der Waals surface area contributed by atoms with E-state index in [9.17, 15) is 4.79 Å². The normalized spacial score (nSPS) is 12.3. The van der Waals surface area contributed by atoms with Gasteiger partial charge < -0.3 is 10.1 Å². The highest BCUT2D eigenvalue weighted by molar-refractivity contribution is 6.30. The summed E-state index contributed by atoms with van der Waals surface area (Å²) < 4.78 is 6.68. The SMILES string of the molecule is COCCNc1nc([C@H](C)Cn2cc(Cl)cn2)cc(=O)[nH]1. The molecule has 0 saturated carbocycles. The number of nitrogens with one attached hydrogen (secondary N) is 2. The molecule has 0 aromatic carbocycles. The quantitative estimate of drug-likeness (QED) is 0.757. The zero-order chi connectivity index (χ0) is 15.2. The van der Waals surface area contributed by atoms with Crippen molar-refractivity contribution in [3.05, 3.63) is 39.5 Å². The second-order valence-corrected chi connectivity index (χ2v) is 5.16. The van der Waals surface area contributed by atoms with Crippen LogP contribution in [0.2, 0.25) is 5.02 Å². The first-order chi connectivity index (χ1) is 10.1. The van der Waals surface area contributed by atoms with Crippen LogP contribution < -0.4 is 10.9 Å². The van der Waals surface area contributed by atoms with Crippen molar-refractivity contribution >= 4 is 17.5 Å². The van der Waals surface area contributed by atoms with Gasteiger partial charge in [-0.05, 0) is 0 Å². The highest BCUT2D eigenvalue weighted by Gasteiger charge is 2.11. The van der Waals surface area contributed by atoms with Crippen molar-refractivity contribution < 1.29 is 4.74 Å². The maximum atomic E-state index is 11.7. The summed E-state index contributed by atoms with van der Waals surface area (Å²) in [7, 11) is 1.62. The van der Waals surface area contributed by atoms with Gasteiger partial charge in [-0.1, -0.05) is 18.5 Å². The molecule has 2 N–H and O–H groups in total. The highest BCUT2D eigenvalue weighted by Crippen LogP contribution is 2.15. The van der Waals surface area contributed by atoms with Crippen LogP contribution in [0.3, 0.4) is 0 Å². The number of aromatic nitrogens is 4. The van der Waals surface area contributed by atoms with Crippen LogP contribution in [0.5, 0.6) is 0 Å². The van der Waals surface area contributed by atoms with Gasteiger partial charge in [-0.3, -0.25) is 14.5 Å². The molecule has 0 amide bonds. The fraction of sp³-hybridized carbons (Fsp3) is 0.462. The Morgan fingerprint density at radius 3 is 3.05 bits per heavy atom. The molecule has 0 unspecified atom stereocenters. The fourth-order valence-electron chi connectivity index (χ4n) is 1.90. The molecule has 0 spiro atoms. The second-order valence-electron chi connectivity index (χ2n) is 4.72. The molecule has 2 aromatic heterocycles. The predicted octanol–water partition coefficient (Wildman–Crippen LogP) is 1.48. The Hall–Kier alpha value is -1.86. The summed E-state index contributed by atoms with van der Waals surface area (Å²) in [5.41, 5.74) is 0.510. The Balaban J connectivity index is 2.09. The molecule has 2 heterocycles. The number of H-pyrrole nitrogens is 1. The van der Waals surface area contributed by atoms with Crippen molar-refractivity contribution in [3.63, 3.8) is 0 Å². The summed E-state index contributed by atoms with van der Waals surface area (Å²) in [5, 5.41) is 7.73. The smallest absolute Gasteiger partial charge is 0.252 e. The molecule has 1 atom stereocenters. The van der Waals surface area contributed by atoms with Gasteiger partial charge in [-0.15, -0.1) is 0 Å². The van der Waals surface area contributed by atoms with Crippen LogP contribution in [0.25, 0.3) is 0 Å². The zero-order valence-corrected chi connectivity index (χ0v) is 12.7. The predicted molar refractivity (Wildman–Crippen MR) is 80.9 cm³/mol. The van der Waals surface area contributed by atoms with E-state index in [0.717, 1.165) is 0 Å². The Bertz CT molecular complexity index is 639. The summed E-state index contributed by atoms with van der Waals surface area (Å²) in [5.74, 6) is 0.478. The third-order valence-corrected chi connectivity index (χ3v) is 3.12. The van der Waals surface area contributed by atoms with Crippen molar-refractivity contribution in [1.29, 1.82) is 0 Å². The van der Waals surface area contributed by atoms with Gasteiger partial charge in [0.2, 0.25) is 5.95 Å². The number of rotatable bonds is 7. The lowest BCUT2D eigenvalue weighted by atomic mass is 10.1. The van der Waals surface area contributed by atoms with E-state index in [0.29, 0.717) is 36.4 Å². The fourth-order valence-corrected chi connectivity index (χ4v) is 2.05. The maximum absolute atomic E-state index is 11.7. The number of nitrogens with zero attached hydrogens (tertiary/aromatic N) is 3. The molecule has 2 aromatic rings. The summed E-state index contributed by atoms with van der Waals surface area (Å²) in [4.78, 5) is 18.8. The second kappa shape index (κ2) is 7.24. The Kier molecular flexibility index (Phi) is 5.35. The van der Waals surface area contributed by atoms with Crippen molar-refractivity contribution in [2.45, 2.75) is 19.4 Å². The molecule has 0 saturated heterocycles. The first-order valence-corrected chi connectivity index (χ1v) is 6.98. The molecular weight excluding hydrogens is 294 g/mol. The summed E-state index contributed by atoms with van der Waals surface area (Å²) in [6.45, 7) is 3.69. The number of methoxy groups -OCH3 is 1. The maximum Gasteiger partial charge on any atom is 0.252 e. The molecular formula is C13H18ClN5O2. The average molecular weight is 312 g/mol. The van der Waals surface area contributed by atoms with E-state index < -0.39 is 0 Å². The van der Waals surface area contributed by atoms with E-state index in [4.69, 9.17) is 16.3 Å². The topological polar surface area (TPSA) is 84.8 Å². The number of hydrogen-bond donors (Lipinski definition) is 2. The standard InChI is InChI=1S/C13H18ClN5O2/c1-9(7-19-8-10(14)6-16-19)11-5-12(20)18-13(17-11)15-3-4-21-2/h5-6,8-9H,3-4,7H2,1-2H3,(H2,15,17,18,20)/t9-/m1/s1. The van der Waals surface area contributed by atoms with Crippen LogP contribution in [0.15, 0.2) is 23.3 Å². The Labute approximate surface area is 127 Å². The molecule has 0 aliphatic rings. The van der Waals surface area contributed by atoms with Crippen LogP contribution in [0.4, 0.5) is 5.95 Å². The molecule has 0 radical (unpaired) electrons. The van der Waals surface area contributed by atoms with Gasteiger partial charge in [0.15, 0.2) is 0 Å². The van der Waals surface area contributed by atoms with Crippen LogP contribution >= 0.6 is 11.6 Å². The van der Waals surface area contributed by atoms with Crippen molar-refractivity contribution in [3.8, 4) is 0 Å². The molecule has 114 valence electrons. The Morgan fingerprint density at radius 1 is 1.57 bits per heavy atom. The molecule has 21 heavy (non-hydrogen) atoms. The number of ether oxygens (including phenoxy) is 1. The number of aromatic amines is 1. The lowest BCUT2D eigenvalue weighted by Gasteiger charge is -2.12. The van der Waals surface area contributed by atoms with Crippen LogP contribution in [0, 0.1) is 0 Å². The third-order valence-electron chi connectivity index (χ3n) is 2.93. The molecule has 2 rings (SSSR count). The molecule has 0 aliphatic carbocycles. The summed E-state index contributed by atoms with van der Waals surface area (Å²) in [6, 6.07) is 1.50. The van der Waals surface area contributed by atoms with Gasteiger partial charge in [0.1, 0.15) is 0 Å². The number of anilines is 1. The molecule has 0 fully saturated rings. The minimum absolute atomic E-state index is 0.0336.